The Morgan fingerprint density at radius 3 is 3.17 bits per heavy atom. The van der Waals surface area contributed by atoms with E-state index in [9.17, 15) is 4.79 Å². The van der Waals surface area contributed by atoms with Gasteiger partial charge in [-0.15, -0.1) is 0 Å². The van der Waals surface area contributed by atoms with Crippen molar-refractivity contribution in [1.82, 2.24) is 4.98 Å². The van der Waals surface area contributed by atoms with E-state index < -0.39 is 12.1 Å². The van der Waals surface area contributed by atoms with Crippen LogP contribution in [-0.4, -0.2) is 41.9 Å². The van der Waals surface area contributed by atoms with Crippen molar-refractivity contribution in [3.8, 4) is 6.07 Å². The molecule has 1 aliphatic heterocycles. The minimum Gasteiger partial charge on any atom is -0.478 e. The molecule has 1 fully saturated rings. The van der Waals surface area contributed by atoms with E-state index in [1.165, 1.54) is 6.20 Å². The van der Waals surface area contributed by atoms with Crippen molar-refractivity contribution in [2.45, 2.75) is 13.0 Å². The molecule has 0 amide bonds. The smallest absolute Gasteiger partial charge is 0.339 e. The number of hydrogen-bond acceptors (Lipinski definition) is 5. The van der Waals surface area contributed by atoms with Crippen LogP contribution >= 0.6 is 0 Å². The van der Waals surface area contributed by atoms with Gasteiger partial charge in [-0.1, -0.05) is 0 Å². The molecule has 1 atom stereocenters. The van der Waals surface area contributed by atoms with E-state index in [1.54, 1.807) is 13.0 Å². The van der Waals surface area contributed by atoms with E-state index in [0.717, 1.165) is 5.69 Å². The Morgan fingerprint density at radius 1 is 1.72 bits per heavy atom. The van der Waals surface area contributed by atoms with Gasteiger partial charge in [-0.25, -0.2) is 4.79 Å². The Morgan fingerprint density at radius 2 is 2.50 bits per heavy atom. The van der Waals surface area contributed by atoms with Gasteiger partial charge >= 0.3 is 5.97 Å². The molecule has 1 N–H and O–H groups in total. The molecule has 18 heavy (non-hydrogen) atoms. The number of carboxylic acids is 1. The lowest BCUT2D eigenvalue weighted by Crippen LogP contribution is -2.42. The molecule has 1 aromatic rings. The van der Waals surface area contributed by atoms with Gasteiger partial charge in [-0.2, -0.15) is 5.26 Å². The highest BCUT2D eigenvalue weighted by Crippen LogP contribution is 2.23. The van der Waals surface area contributed by atoms with E-state index in [0.29, 0.717) is 25.4 Å². The van der Waals surface area contributed by atoms with Crippen molar-refractivity contribution in [2.75, 3.05) is 24.6 Å². The minimum atomic E-state index is -1.02. The number of nitrogens with zero attached hydrogens (tertiary/aromatic N) is 3. The van der Waals surface area contributed by atoms with Crippen LogP contribution in [0.3, 0.4) is 0 Å². The number of morpholine rings is 1. The van der Waals surface area contributed by atoms with Gasteiger partial charge in [-0.3, -0.25) is 4.98 Å². The first kappa shape index (κ1) is 12.3. The van der Waals surface area contributed by atoms with Crippen molar-refractivity contribution < 1.29 is 14.6 Å². The zero-order valence-corrected chi connectivity index (χ0v) is 9.96. The Balaban J connectivity index is 2.34. The topological polar surface area (TPSA) is 86.5 Å². The monoisotopic (exact) mass is 247 g/mol. The van der Waals surface area contributed by atoms with Crippen molar-refractivity contribution in [1.29, 1.82) is 5.26 Å². The van der Waals surface area contributed by atoms with Crippen LogP contribution in [0.4, 0.5) is 5.69 Å². The van der Waals surface area contributed by atoms with Crippen LogP contribution in [0.25, 0.3) is 0 Å². The summed E-state index contributed by atoms with van der Waals surface area (Å²) < 4.78 is 5.24. The number of aryl methyl sites for hydroxylation is 1. The maximum atomic E-state index is 11.2. The number of pyridine rings is 1. The van der Waals surface area contributed by atoms with E-state index in [1.807, 2.05) is 11.0 Å². The van der Waals surface area contributed by atoms with Crippen molar-refractivity contribution >= 4 is 11.7 Å². The van der Waals surface area contributed by atoms with Gasteiger partial charge in [0, 0.05) is 18.4 Å². The SMILES string of the molecule is Cc1cc(N2CCOC(C#N)C2)c(C(=O)O)cn1. The molecule has 0 radical (unpaired) electrons. The standard InChI is InChI=1S/C12H13N3O3/c1-8-4-11(10(6-14-8)12(16)17)15-2-3-18-9(5-13)7-15/h4,6,9H,2-3,7H2,1H3,(H,16,17). The average Bonchev–Trinajstić information content (AvgIpc) is 2.38. The molecule has 6 nitrogen and oxygen atoms in total. The summed E-state index contributed by atoms with van der Waals surface area (Å²) in [6, 6.07) is 3.77. The van der Waals surface area contributed by atoms with Crippen LogP contribution in [0, 0.1) is 18.3 Å². The third-order valence-corrected chi connectivity index (χ3v) is 2.80. The van der Waals surface area contributed by atoms with Crippen LogP contribution in [0.15, 0.2) is 12.3 Å². The number of nitriles is 1. The van der Waals surface area contributed by atoms with Gasteiger partial charge < -0.3 is 14.7 Å². The number of carbonyl (C=O) groups is 1. The maximum absolute atomic E-state index is 11.2. The quantitative estimate of drug-likeness (QED) is 0.832. The molecule has 1 unspecified atom stereocenters. The van der Waals surface area contributed by atoms with E-state index in [2.05, 4.69) is 4.98 Å². The second-order valence-electron chi connectivity index (χ2n) is 4.08. The van der Waals surface area contributed by atoms with Crippen molar-refractivity contribution in [2.24, 2.45) is 0 Å². The highest BCUT2D eigenvalue weighted by Gasteiger charge is 2.24. The van der Waals surface area contributed by atoms with Crippen molar-refractivity contribution in [3.05, 3.63) is 23.5 Å². The second kappa shape index (κ2) is 5.02. The normalized spacial score (nSPS) is 19.3. The maximum Gasteiger partial charge on any atom is 0.339 e. The van der Waals surface area contributed by atoms with Crippen molar-refractivity contribution in [3.63, 3.8) is 0 Å². The number of aromatic carboxylic acids is 1. The fourth-order valence-corrected chi connectivity index (χ4v) is 1.92. The highest BCUT2D eigenvalue weighted by molar-refractivity contribution is 5.94. The summed E-state index contributed by atoms with van der Waals surface area (Å²) in [5.74, 6) is -1.02. The predicted molar refractivity (Wildman–Crippen MR) is 63.5 cm³/mol. The molecular weight excluding hydrogens is 234 g/mol. The fraction of sp³-hybridized carbons (Fsp3) is 0.417. The Hall–Kier alpha value is -2.13. The molecule has 0 bridgehead atoms. The summed E-state index contributed by atoms with van der Waals surface area (Å²) in [7, 11) is 0. The first-order valence-corrected chi connectivity index (χ1v) is 5.58. The summed E-state index contributed by atoms with van der Waals surface area (Å²) in [5, 5.41) is 18.0. The van der Waals surface area contributed by atoms with Crippen LogP contribution in [0.5, 0.6) is 0 Å². The highest BCUT2D eigenvalue weighted by atomic mass is 16.5. The second-order valence-corrected chi connectivity index (χ2v) is 4.08. The van der Waals surface area contributed by atoms with Crippen LogP contribution in [-0.2, 0) is 4.74 Å². The molecule has 0 aliphatic carbocycles. The number of carboxylic acid groups (broad SMARTS) is 1. The predicted octanol–water partition coefficient (Wildman–Crippen LogP) is 0.817. The van der Waals surface area contributed by atoms with E-state index in [-0.39, 0.29) is 5.56 Å². The first-order valence-electron chi connectivity index (χ1n) is 5.58. The number of ether oxygens (including phenoxy) is 1. The molecule has 6 heteroatoms. The molecule has 1 aliphatic rings. The molecule has 1 saturated heterocycles. The zero-order chi connectivity index (χ0) is 13.1. The number of anilines is 1. The third kappa shape index (κ3) is 2.41. The molecule has 0 spiro atoms. The summed E-state index contributed by atoms with van der Waals surface area (Å²) in [6.07, 6.45) is 0.831. The Kier molecular flexibility index (Phi) is 3.44. The molecule has 0 aromatic carbocycles. The molecule has 94 valence electrons. The summed E-state index contributed by atoms with van der Waals surface area (Å²) in [6.45, 7) is 3.16. The van der Waals surface area contributed by atoms with Crippen LogP contribution in [0.2, 0.25) is 0 Å². The minimum absolute atomic E-state index is 0.152. The fourth-order valence-electron chi connectivity index (χ4n) is 1.92. The van der Waals surface area contributed by atoms with Gasteiger partial charge in [0.1, 0.15) is 5.56 Å². The molecule has 2 heterocycles. The third-order valence-electron chi connectivity index (χ3n) is 2.80. The number of rotatable bonds is 2. The molecule has 1 aromatic heterocycles. The van der Waals surface area contributed by atoms with Gasteiger partial charge in [-0.05, 0) is 13.0 Å². The molecule has 0 saturated carbocycles. The largest absolute Gasteiger partial charge is 0.478 e. The van der Waals surface area contributed by atoms with E-state index in [4.69, 9.17) is 15.1 Å². The number of hydrogen-bond donors (Lipinski definition) is 1. The first-order chi connectivity index (χ1) is 8.61. The zero-order valence-electron chi connectivity index (χ0n) is 9.96. The molecular formula is C12H13N3O3. The van der Waals surface area contributed by atoms with Gasteiger partial charge in [0.2, 0.25) is 0 Å². The number of aromatic nitrogens is 1. The molecule has 2 rings (SSSR count). The Labute approximate surface area is 104 Å². The lowest BCUT2D eigenvalue weighted by atomic mass is 10.1. The lowest BCUT2D eigenvalue weighted by Gasteiger charge is -2.32. The van der Waals surface area contributed by atoms with Crippen LogP contribution < -0.4 is 4.90 Å². The van der Waals surface area contributed by atoms with Gasteiger partial charge in [0.25, 0.3) is 0 Å². The van der Waals surface area contributed by atoms with Gasteiger partial charge in [0.05, 0.1) is 24.9 Å². The summed E-state index contributed by atoms with van der Waals surface area (Å²) in [4.78, 5) is 17.0. The summed E-state index contributed by atoms with van der Waals surface area (Å²) in [5.41, 5.74) is 1.49. The van der Waals surface area contributed by atoms with Crippen LogP contribution in [0.1, 0.15) is 16.1 Å². The van der Waals surface area contributed by atoms with Gasteiger partial charge in [0.15, 0.2) is 6.10 Å². The Bertz CT molecular complexity index is 510. The lowest BCUT2D eigenvalue weighted by molar-refractivity contribution is 0.0687. The van der Waals surface area contributed by atoms with E-state index >= 15 is 0 Å². The average molecular weight is 247 g/mol. The summed E-state index contributed by atoms with van der Waals surface area (Å²) >= 11 is 0.